The number of rotatable bonds is 27. The molecule has 3 aliphatic carbocycles. The molecule has 0 radical (unpaired) electrons. The van der Waals surface area contributed by atoms with E-state index in [-0.39, 0.29) is 99.6 Å². The van der Waals surface area contributed by atoms with Gasteiger partial charge in [-0.05, 0) is 167 Å². The van der Waals surface area contributed by atoms with Gasteiger partial charge >= 0.3 is 18.3 Å². The van der Waals surface area contributed by atoms with Gasteiger partial charge in [0, 0.05) is 11.1 Å². The van der Waals surface area contributed by atoms with Crippen LogP contribution in [-0.4, -0.2) is 209 Å². The molecule has 3 saturated heterocycles. The maximum Gasteiger partial charge on any atom is 0.415 e. The lowest BCUT2D eigenvalue weighted by molar-refractivity contribution is -0.137. The molecular weight excluding hydrogens is 1450 g/mol. The molecule has 11 heterocycles. The van der Waals surface area contributed by atoms with Crippen LogP contribution in [0.5, 0.6) is 34.6 Å². The third-order valence-corrected chi connectivity index (χ3v) is 19.8. The molecular formula is C71H77Cl2N17O18. The number of hydrogen-bond donors (Lipinski definition) is 7. The second-order valence-corrected chi connectivity index (χ2v) is 27.2. The van der Waals surface area contributed by atoms with Gasteiger partial charge in [0.05, 0.1) is 64.6 Å². The number of hydrogen-bond acceptors (Lipinski definition) is 28. The summed E-state index contributed by atoms with van der Waals surface area (Å²) in [6.45, 7) is 5.54. The van der Waals surface area contributed by atoms with Gasteiger partial charge in [0.1, 0.15) is 70.2 Å². The number of aromatic nitrogens is 6. The van der Waals surface area contributed by atoms with Crippen LogP contribution in [0.15, 0.2) is 55.0 Å². The summed E-state index contributed by atoms with van der Waals surface area (Å²) in [5, 5.41) is 31.7. The third-order valence-electron chi connectivity index (χ3n) is 19.2. The Morgan fingerprint density at radius 2 is 1.03 bits per heavy atom. The number of carbonyl (C=O) groups is 8. The number of carbonyl (C=O) groups excluding carboxylic acids is 8. The summed E-state index contributed by atoms with van der Waals surface area (Å²) in [5.41, 5.74) is 7.01. The van der Waals surface area contributed by atoms with Gasteiger partial charge in [-0.2, -0.15) is 5.26 Å². The molecule has 3 fully saturated rings. The highest BCUT2D eigenvalue weighted by Crippen LogP contribution is 2.40. The van der Waals surface area contributed by atoms with Crippen LogP contribution in [0.4, 0.5) is 49.3 Å². The van der Waals surface area contributed by atoms with Crippen molar-refractivity contribution in [2.75, 3.05) is 143 Å². The van der Waals surface area contributed by atoms with E-state index in [0.29, 0.717) is 133 Å². The average Bonchev–Trinajstić information content (AvgIpc) is 1.29. The molecule has 0 saturated carbocycles. The predicted molar refractivity (Wildman–Crippen MR) is 384 cm³/mol. The van der Waals surface area contributed by atoms with Crippen molar-refractivity contribution in [1.82, 2.24) is 51.2 Å². The summed E-state index contributed by atoms with van der Waals surface area (Å²) in [4.78, 5) is 123. The molecule has 9 aliphatic rings. The zero-order valence-electron chi connectivity index (χ0n) is 58.8. The number of halogens is 2. The first-order chi connectivity index (χ1) is 52.5. The number of nitriles is 1. The van der Waals surface area contributed by atoms with Crippen molar-refractivity contribution in [1.29, 1.82) is 5.26 Å². The number of anilines is 6. The maximum absolute atomic E-state index is 12.5. The molecule has 6 unspecified atom stereocenters. The number of cyclic esters (lactones) is 3. The number of fused-ring (bicyclic) bond motifs is 6. The van der Waals surface area contributed by atoms with Gasteiger partial charge in [0.25, 0.3) is 36.0 Å². The molecule has 35 nitrogen and oxygen atoms in total. The highest BCUT2D eigenvalue weighted by atomic mass is 35.5. The standard InChI is InChI=1S/C28H30N6O8.C22H24ClN5O5.C21H23ClN6O5/c29-11-21-20-10-17(9-18(20)1-2-22(21)40-8-7-31-25(36)14-39-16-35)12-30-6-5-19-13-34(28(38)42-19)24-4-3-23-27(32-24)33-26(37)15-41-23;1-31-17-9-25-20(23)15-7-12(6-14(15)17)8-24-5-4-13-10-28(22(30)33-13)18-3-2-16-21(26-18)27-19(29)11-32-16;1-31-15-7-24-18(22)14-5-11(4-13(14)15)6-23-3-2-12-9-28(21(30)33-12)16-8-25-20-19(26-16)27-17(29)10-32-20/h1-4,16-17,19,30H,5-10,12-15H2,(H,31,36)(H,32,33,37);2-3,9,12-13,24H,4-8,10-11H2,1H3,(H,26,27,29);7-8,11-12,23H,2-6,9-10H2,1H3,(H,26,27,29). The van der Waals surface area contributed by atoms with E-state index in [0.717, 1.165) is 103 Å². The summed E-state index contributed by atoms with van der Waals surface area (Å²) in [6.07, 6.45) is 9.56. The lowest BCUT2D eigenvalue weighted by Gasteiger charge is -2.19. The Labute approximate surface area is 628 Å². The van der Waals surface area contributed by atoms with Crippen molar-refractivity contribution >= 4 is 106 Å². The second kappa shape index (κ2) is 34.6. The largest absolute Gasteiger partial charge is 0.495 e. The summed E-state index contributed by atoms with van der Waals surface area (Å²) in [7, 11) is 3.29. The Morgan fingerprint density at radius 3 is 1.53 bits per heavy atom. The number of pyridine rings is 4. The quantitative estimate of drug-likeness (QED) is 0.0162. The van der Waals surface area contributed by atoms with Crippen molar-refractivity contribution < 1.29 is 85.7 Å². The van der Waals surface area contributed by atoms with Gasteiger partial charge in [-0.15, -0.1) is 0 Å². The molecule has 0 bridgehead atoms. The molecule has 1 aromatic carbocycles. The molecule has 568 valence electrons. The van der Waals surface area contributed by atoms with Crippen molar-refractivity contribution in [2.24, 2.45) is 17.8 Å². The Hall–Kier alpha value is -11.2. The van der Waals surface area contributed by atoms with Crippen LogP contribution in [0.2, 0.25) is 10.3 Å². The zero-order chi connectivity index (χ0) is 75.4. The predicted octanol–water partition coefficient (Wildman–Crippen LogP) is 4.45. The Balaban J connectivity index is 0.000000144. The summed E-state index contributed by atoms with van der Waals surface area (Å²) < 4.78 is 53.3. The molecule has 0 spiro atoms. The van der Waals surface area contributed by atoms with Gasteiger partial charge in [0.2, 0.25) is 0 Å². The fourth-order valence-electron chi connectivity index (χ4n) is 14.0. The highest BCUT2D eigenvalue weighted by Gasteiger charge is 2.39. The van der Waals surface area contributed by atoms with Gasteiger partial charge < -0.3 is 84.6 Å². The number of nitrogens with one attached hydrogen (secondary N) is 7. The maximum atomic E-state index is 12.5. The first-order valence-corrected chi connectivity index (χ1v) is 35.9. The van der Waals surface area contributed by atoms with E-state index in [1.807, 2.05) is 6.07 Å². The Kier molecular flexibility index (Phi) is 24.0. The SMILES string of the molecule is COc1cnc(Cl)c2c1CC(CNCCC1CN(c3ccc4c(n3)NC(=O)CO4)C(=O)O1)C2.COc1cnc(Cl)c2c1CC(CNCCC1CN(c3cnc4c(n3)NC(=O)CO4)C(=O)O1)C2.N#Cc1c(OCCNC(=O)COC=O)ccc2c1CC(CNCCC1CN(c3ccc4c(n3)NC(=O)CO4)C(=O)O1)C2. The third kappa shape index (κ3) is 17.9. The molecule has 5 aromatic heterocycles. The minimum absolute atomic E-state index is 0.0424. The number of benzene rings is 1. The molecule has 7 N–H and O–H groups in total. The normalized spacial score (nSPS) is 20.2. The average molecular weight is 1530 g/mol. The molecule has 7 amide bonds. The van der Waals surface area contributed by atoms with Gasteiger partial charge in [0.15, 0.2) is 61.2 Å². The lowest BCUT2D eigenvalue weighted by atomic mass is 10.0. The first-order valence-electron chi connectivity index (χ1n) is 35.1. The van der Waals surface area contributed by atoms with E-state index in [1.165, 1.54) is 20.9 Å². The van der Waals surface area contributed by atoms with E-state index < -0.39 is 24.2 Å². The smallest absolute Gasteiger partial charge is 0.415 e. The molecule has 6 aliphatic heterocycles. The van der Waals surface area contributed by atoms with Crippen LogP contribution in [0.3, 0.4) is 0 Å². The van der Waals surface area contributed by atoms with Crippen molar-refractivity contribution in [3.05, 3.63) is 104 Å². The topological polar surface area (TPSA) is 424 Å². The molecule has 108 heavy (non-hydrogen) atoms. The van der Waals surface area contributed by atoms with Crippen LogP contribution < -0.4 is 80.3 Å². The summed E-state index contributed by atoms with van der Waals surface area (Å²) in [5.74, 6) is 4.91. The number of amides is 7. The fourth-order valence-corrected chi connectivity index (χ4v) is 14.5. The summed E-state index contributed by atoms with van der Waals surface area (Å²) in [6, 6.07) is 12.7. The minimum Gasteiger partial charge on any atom is -0.495 e. The lowest BCUT2D eigenvalue weighted by Crippen LogP contribution is -2.31. The number of methoxy groups -OCH3 is 2. The molecule has 6 atom stereocenters. The van der Waals surface area contributed by atoms with Gasteiger partial charge in [-0.1, -0.05) is 29.3 Å². The molecule has 6 aromatic rings. The Morgan fingerprint density at radius 1 is 0.565 bits per heavy atom. The molecule has 15 rings (SSSR count). The van der Waals surface area contributed by atoms with Crippen LogP contribution >= 0.6 is 23.2 Å². The Bertz CT molecular complexity index is 4310. The van der Waals surface area contributed by atoms with Crippen LogP contribution in [-0.2, 0) is 81.4 Å². The van der Waals surface area contributed by atoms with Crippen molar-refractivity contribution in [3.63, 3.8) is 0 Å². The first kappa shape index (κ1) is 75.1. The zero-order valence-corrected chi connectivity index (χ0v) is 60.3. The van der Waals surface area contributed by atoms with Crippen molar-refractivity contribution in [3.8, 4) is 40.7 Å². The van der Waals surface area contributed by atoms with Crippen LogP contribution in [0.1, 0.15) is 58.2 Å². The highest BCUT2D eigenvalue weighted by molar-refractivity contribution is 6.30. The van der Waals surface area contributed by atoms with Crippen molar-refractivity contribution in [2.45, 2.75) is 76.1 Å². The minimum atomic E-state index is -0.488. The fraction of sp³-hybridized carbons (Fsp3) is 0.451. The van der Waals surface area contributed by atoms with Gasteiger partial charge in [-0.25, -0.2) is 44.3 Å². The van der Waals surface area contributed by atoms with E-state index >= 15 is 0 Å². The van der Waals surface area contributed by atoms with E-state index in [9.17, 15) is 43.6 Å². The second-order valence-electron chi connectivity index (χ2n) is 26.5. The number of nitrogens with zero attached hydrogens (tertiary/aromatic N) is 10. The van der Waals surface area contributed by atoms with Gasteiger partial charge in [-0.3, -0.25) is 38.7 Å². The summed E-state index contributed by atoms with van der Waals surface area (Å²) >= 11 is 12.5. The molecule has 37 heteroatoms. The monoisotopic (exact) mass is 1530 g/mol. The number of ether oxygens (including phenoxy) is 10. The van der Waals surface area contributed by atoms with Crippen LogP contribution in [0.25, 0.3) is 0 Å². The van der Waals surface area contributed by atoms with E-state index in [4.69, 9.17) is 65.8 Å². The van der Waals surface area contributed by atoms with E-state index in [2.05, 4.69) is 77.9 Å². The van der Waals surface area contributed by atoms with Crippen LogP contribution in [0, 0.1) is 29.1 Å². The van der Waals surface area contributed by atoms with E-state index in [1.54, 1.807) is 56.9 Å².